The normalized spacial score (nSPS) is 17.4. The Morgan fingerprint density at radius 2 is 2.09 bits per heavy atom. The molecule has 0 amide bonds. The molecule has 0 bridgehead atoms. The highest BCUT2D eigenvalue weighted by Gasteiger charge is 2.18. The summed E-state index contributed by atoms with van der Waals surface area (Å²) in [5.74, 6) is 0.762. The highest BCUT2D eigenvalue weighted by atomic mass is 16.3. The number of aliphatic hydroxyl groups is 2. The minimum atomic E-state index is -0.830. The number of hydrogen-bond donors (Lipinski definition) is 3. The first-order valence-corrected chi connectivity index (χ1v) is 7.94. The molecule has 22 heavy (non-hydrogen) atoms. The molecular formula is C17H26N2O3. The number of nitrogens with one attached hydrogen (secondary N) is 1. The van der Waals surface area contributed by atoms with Crippen LogP contribution < -0.4 is 10.2 Å². The number of carbonyl (C=O) groups excluding carboxylic acids is 1. The minimum Gasteiger partial charge on any atom is -0.394 e. The lowest BCUT2D eigenvalue weighted by Gasteiger charge is -2.32. The highest BCUT2D eigenvalue weighted by molar-refractivity contribution is 6.00. The standard InChI is InChI=1S/C17H26N2O3/c1-12-5-7-19(8-6-12)14-3-4-17(16(9-14)13(2)21)18-10-15(22)11-20/h3-4,9,12,15,18,20,22H,5-8,10-11H2,1-2H3. The average Bonchev–Trinajstić information content (AvgIpc) is 2.53. The quantitative estimate of drug-likeness (QED) is 0.700. The van der Waals surface area contributed by atoms with Crippen molar-refractivity contribution in [2.24, 2.45) is 5.92 Å². The van der Waals surface area contributed by atoms with Crippen molar-refractivity contribution < 1.29 is 15.0 Å². The molecule has 1 atom stereocenters. The Hall–Kier alpha value is -1.59. The molecule has 2 rings (SSSR count). The lowest BCUT2D eigenvalue weighted by Crippen LogP contribution is -2.32. The maximum Gasteiger partial charge on any atom is 0.161 e. The van der Waals surface area contributed by atoms with Crippen LogP contribution in [0, 0.1) is 5.92 Å². The lowest BCUT2D eigenvalue weighted by atomic mass is 9.98. The van der Waals surface area contributed by atoms with Gasteiger partial charge in [-0.3, -0.25) is 4.79 Å². The molecule has 1 aromatic rings. The maximum absolute atomic E-state index is 11.9. The number of hydrogen-bond acceptors (Lipinski definition) is 5. The molecule has 0 radical (unpaired) electrons. The van der Waals surface area contributed by atoms with Crippen LogP contribution in [0.1, 0.15) is 37.0 Å². The van der Waals surface area contributed by atoms with Gasteiger partial charge in [-0.05, 0) is 43.9 Å². The summed E-state index contributed by atoms with van der Waals surface area (Å²) in [6.07, 6.45) is 1.53. The molecule has 1 unspecified atom stereocenters. The highest BCUT2D eigenvalue weighted by Crippen LogP contribution is 2.27. The zero-order valence-corrected chi connectivity index (χ0v) is 13.4. The predicted octanol–water partition coefficient (Wildman–Crippen LogP) is 1.89. The van der Waals surface area contributed by atoms with Gasteiger partial charge in [-0.2, -0.15) is 0 Å². The summed E-state index contributed by atoms with van der Waals surface area (Å²) in [6.45, 7) is 5.79. The minimum absolute atomic E-state index is 0.00628. The van der Waals surface area contributed by atoms with Gasteiger partial charge in [0, 0.05) is 36.6 Å². The van der Waals surface area contributed by atoms with E-state index in [1.165, 1.54) is 12.8 Å². The van der Waals surface area contributed by atoms with E-state index in [0.29, 0.717) is 11.3 Å². The van der Waals surface area contributed by atoms with E-state index in [0.717, 1.165) is 24.7 Å². The molecule has 1 aromatic carbocycles. The number of carbonyl (C=O) groups is 1. The Kier molecular flexibility index (Phi) is 5.80. The van der Waals surface area contributed by atoms with Crippen LogP contribution in [0.15, 0.2) is 18.2 Å². The first-order chi connectivity index (χ1) is 10.5. The van der Waals surface area contributed by atoms with Gasteiger partial charge >= 0.3 is 0 Å². The molecular weight excluding hydrogens is 280 g/mol. The average molecular weight is 306 g/mol. The Balaban J connectivity index is 2.14. The van der Waals surface area contributed by atoms with Gasteiger partial charge in [0.1, 0.15) is 0 Å². The van der Waals surface area contributed by atoms with Crippen LogP contribution in [0.25, 0.3) is 0 Å². The van der Waals surface area contributed by atoms with Crippen LogP contribution in [-0.4, -0.2) is 48.3 Å². The molecule has 0 spiro atoms. The molecule has 0 aliphatic carbocycles. The van der Waals surface area contributed by atoms with Crippen molar-refractivity contribution in [3.63, 3.8) is 0 Å². The smallest absolute Gasteiger partial charge is 0.161 e. The van der Waals surface area contributed by atoms with Crippen LogP contribution in [0.4, 0.5) is 11.4 Å². The van der Waals surface area contributed by atoms with Crippen LogP contribution >= 0.6 is 0 Å². The zero-order chi connectivity index (χ0) is 16.1. The monoisotopic (exact) mass is 306 g/mol. The van der Waals surface area contributed by atoms with Crippen LogP contribution in [0.2, 0.25) is 0 Å². The number of ketones is 1. The number of rotatable bonds is 6. The van der Waals surface area contributed by atoms with E-state index in [1.54, 1.807) is 6.92 Å². The molecule has 0 saturated carbocycles. The number of benzene rings is 1. The molecule has 1 fully saturated rings. The SMILES string of the molecule is CC(=O)c1cc(N2CCC(C)CC2)ccc1NCC(O)CO. The lowest BCUT2D eigenvalue weighted by molar-refractivity contribution is 0.101. The number of nitrogens with zero attached hydrogens (tertiary/aromatic N) is 1. The van der Waals surface area contributed by atoms with E-state index in [4.69, 9.17) is 5.11 Å². The number of Topliss-reactive ketones (excluding diaryl/α,β-unsaturated/α-hetero) is 1. The number of anilines is 2. The van der Waals surface area contributed by atoms with Crippen molar-refractivity contribution in [2.75, 3.05) is 36.5 Å². The van der Waals surface area contributed by atoms with Crippen molar-refractivity contribution in [1.82, 2.24) is 0 Å². The van der Waals surface area contributed by atoms with E-state index in [2.05, 4.69) is 17.1 Å². The molecule has 3 N–H and O–H groups in total. The first kappa shape index (κ1) is 16.8. The molecule has 1 aliphatic heterocycles. The van der Waals surface area contributed by atoms with Crippen molar-refractivity contribution in [3.05, 3.63) is 23.8 Å². The molecule has 5 heteroatoms. The van der Waals surface area contributed by atoms with Crippen molar-refractivity contribution in [1.29, 1.82) is 0 Å². The van der Waals surface area contributed by atoms with E-state index >= 15 is 0 Å². The summed E-state index contributed by atoms with van der Waals surface area (Å²) >= 11 is 0. The van der Waals surface area contributed by atoms with E-state index in [-0.39, 0.29) is 18.9 Å². The Morgan fingerprint density at radius 1 is 1.41 bits per heavy atom. The van der Waals surface area contributed by atoms with Gasteiger partial charge in [0.25, 0.3) is 0 Å². The Labute approximate surface area is 131 Å². The molecule has 1 aliphatic rings. The fourth-order valence-electron chi connectivity index (χ4n) is 2.73. The molecule has 122 valence electrons. The van der Waals surface area contributed by atoms with E-state index < -0.39 is 6.10 Å². The second-order valence-corrected chi connectivity index (χ2v) is 6.17. The molecule has 1 saturated heterocycles. The van der Waals surface area contributed by atoms with Crippen molar-refractivity contribution in [3.8, 4) is 0 Å². The predicted molar refractivity (Wildman–Crippen MR) is 88.6 cm³/mol. The summed E-state index contributed by atoms with van der Waals surface area (Å²) in [5, 5.41) is 21.3. The van der Waals surface area contributed by atoms with Gasteiger partial charge in [-0.15, -0.1) is 0 Å². The molecule has 1 heterocycles. The van der Waals surface area contributed by atoms with E-state index in [1.807, 2.05) is 18.2 Å². The van der Waals surface area contributed by atoms with Crippen LogP contribution in [0.3, 0.4) is 0 Å². The number of aliphatic hydroxyl groups excluding tert-OH is 2. The molecule has 5 nitrogen and oxygen atoms in total. The third kappa shape index (κ3) is 4.21. The summed E-state index contributed by atoms with van der Waals surface area (Å²) in [7, 11) is 0. The van der Waals surface area contributed by atoms with Gasteiger partial charge in [0.15, 0.2) is 5.78 Å². The fourth-order valence-corrected chi connectivity index (χ4v) is 2.73. The summed E-state index contributed by atoms with van der Waals surface area (Å²) in [6, 6.07) is 5.82. The second kappa shape index (κ2) is 7.61. The summed E-state index contributed by atoms with van der Waals surface area (Å²) in [4.78, 5) is 14.2. The maximum atomic E-state index is 11.9. The van der Waals surface area contributed by atoms with Crippen molar-refractivity contribution in [2.45, 2.75) is 32.8 Å². The van der Waals surface area contributed by atoms with Gasteiger partial charge < -0.3 is 20.4 Å². The fraction of sp³-hybridized carbons (Fsp3) is 0.588. The van der Waals surface area contributed by atoms with Crippen molar-refractivity contribution >= 4 is 17.2 Å². The van der Waals surface area contributed by atoms with E-state index in [9.17, 15) is 9.90 Å². The third-order valence-corrected chi connectivity index (χ3v) is 4.27. The summed E-state index contributed by atoms with van der Waals surface area (Å²) < 4.78 is 0. The second-order valence-electron chi connectivity index (χ2n) is 6.17. The van der Waals surface area contributed by atoms with Crippen LogP contribution in [-0.2, 0) is 0 Å². The Morgan fingerprint density at radius 3 is 2.68 bits per heavy atom. The number of piperidine rings is 1. The Bertz CT molecular complexity index is 511. The van der Waals surface area contributed by atoms with Gasteiger partial charge in [-0.1, -0.05) is 6.92 Å². The largest absolute Gasteiger partial charge is 0.394 e. The van der Waals surface area contributed by atoms with Gasteiger partial charge in [0.05, 0.1) is 12.7 Å². The van der Waals surface area contributed by atoms with Gasteiger partial charge in [0.2, 0.25) is 0 Å². The van der Waals surface area contributed by atoms with Gasteiger partial charge in [-0.25, -0.2) is 0 Å². The zero-order valence-electron chi connectivity index (χ0n) is 13.4. The first-order valence-electron chi connectivity index (χ1n) is 7.94. The third-order valence-electron chi connectivity index (χ3n) is 4.27. The topological polar surface area (TPSA) is 72.8 Å². The van der Waals surface area contributed by atoms with Crippen LogP contribution in [0.5, 0.6) is 0 Å². The molecule has 0 aromatic heterocycles. The summed E-state index contributed by atoms with van der Waals surface area (Å²) in [5.41, 5.74) is 2.40.